The standard InChI is InChI=1S/C22H20FN3O2S/c1-2-28-18-9-7-17(8-10-18)25-13-26-21(27)11-19(15-3-5-16(23)6-4-15)20(12-24)22(26)29-14-25/h3-10,19H,2,11,13-14H2,1H3/t19-/m1/s1. The molecule has 0 N–H and O–H groups in total. The van der Waals surface area contributed by atoms with Gasteiger partial charge in [-0.2, -0.15) is 5.26 Å². The van der Waals surface area contributed by atoms with Gasteiger partial charge in [0.1, 0.15) is 11.6 Å². The van der Waals surface area contributed by atoms with Crippen molar-refractivity contribution < 1.29 is 13.9 Å². The molecule has 1 saturated heterocycles. The van der Waals surface area contributed by atoms with E-state index in [4.69, 9.17) is 4.74 Å². The normalized spacial score (nSPS) is 19.1. The van der Waals surface area contributed by atoms with Crippen molar-refractivity contribution in [2.24, 2.45) is 0 Å². The van der Waals surface area contributed by atoms with Crippen LogP contribution in [-0.2, 0) is 4.79 Å². The molecule has 4 rings (SSSR count). The zero-order valence-corrected chi connectivity index (χ0v) is 16.8. The lowest BCUT2D eigenvalue weighted by atomic mass is 9.86. The fourth-order valence-corrected chi connectivity index (χ4v) is 4.79. The predicted octanol–water partition coefficient (Wildman–Crippen LogP) is 4.44. The van der Waals surface area contributed by atoms with Gasteiger partial charge in [0.05, 0.1) is 35.8 Å². The summed E-state index contributed by atoms with van der Waals surface area (Å²) in [5.74, 6) is 0.750. The number of allylic oxidation sites excluding steroid dienone is 1. The van der Waals surface area contributed by atoms with E-state index in [1.165, 1.54) is 23.9 Å². The Kier molecular flexibility index (Phi) is 5.45. The van der Waals surface area contributed by atoms with Gasteiger partial charge in [0, 0.05) is 18.0 Å². The molecule has 5 nitrogen and oxygen atoms in total. The number of anilines is 1. The van der Waals surface area contributed by atoms with Gasteiger partial charge in [0.25, 0.3) is 0 Å². The van der Waals surface area contributed by atoms with E-state index in [0.29, 0.717) is 29.8 Å². The molecule has 2 aliphatic heterocycles. The van der Waals surface area contributed by atoms with Gasteiger partial charge < -0.3 is 9.64 Å². The van der Waals surface area contributed by atoms with Crippen LogP contribution in [0, 0.1) is 17.1 Å². The highest BCUT2D eigenvalue weighted by molar-refractivity contribution is 8.03. The summed E-state index contributed by atoms with van der Waals surface area (Å²) < 4.78 is 18.8. The lowest BCUT2D eigenvalue weighted by Crippen LogP contribution is -2.47. The maximum atomic E-state index is 13.3. The van der Waals surface area contributed by atoms with E-state index in [2.05, 4.69) is 11.0 Å². The first-order chi connectivity index (χ1) is 14.1. The number of benzene rings is 2. The molecule has 2 heterocycles. The topological polar surface area (TPSA) is 56.6 Å². The van der Waals surface area contributed by atoms with Crippen molar-refractivity contribution in [3.63, 3.8) is 0 Å². The molecule has 1 atom stereocenters. The van der Waals surface area contributed by atoms with Gasteiger partial charge in [-0.15, -0.1) is 0 Å². The molecule has 2 aromatic carbocycles. The van der Waals surface area contributed by atoms with Gasteiger partial charge in [-0.3, -0.25) is 9.69 Å². The van der Waals surface area contributed by atoms with Crippen LogP contribution in [0.5, 0.6) is 5.75 Å². The molecule has 0 radical (unpaired) electrons. The van der Waals surface area contributed by atoms with Crippen LogP contribution >= 0.6 is 11.8 Å². The lowest BCUT2D eigenvalue weighted by Gasteiger charge is -2.42. The van der Waals surface area contributed by atoms with Crippen LogP contribution in [-0.4, -0.2) is 30.0 Å². The predicted molar refractivity (Wildman–Crippen MR) is 111 cm³/mol. The third kappa shape index (κ3) is 3.81. The van der Waals surface area contributed by atoms with Crippen LogP contribution in [0.4, 0.5) is 10.1 Å². The van der Waals surface area contributed by atoms with E-state index in [1.807, 2.05) is 31.2 Å². The van der Waals surface area contributed by atoms with Crippen LogP contribution in [0.15, 0.2) is 59.1 Å². The fraction of sp³-hybridized carbons (Fsp3) is 0.273. The summed E-state index contributed by atoms with van der Waals surface area (Å²) in [5, 5.41) is 10.5. The number of hydrogen-bond donors (Lipinski definition) is 0. The molecule has 0 spiro atoms. The average molecular weight is 409 g/mol. The van der Waals surface area contributed by atoms with Gasteiger partial charge in [-0.25, -0.2) is 4.39 Å². The number of nitriles is 1. The monoisotopic (exact) mass is 409 g/mol. The van der Waals surface area contributed by atoms with Crippen LogP contribution in [0.1, 0.15) is 24.8 Å². The first-order valence-corrected chi connectivity index (χ1v) is 10.4. The minimum absolute atomic E-state index is 0.0311. The summed E-state index contributed by atoms with van der Waals surface area (Å²) in [5.41, 5.74) is 2.36. The van der Waals surface area contributed by atoms with Crippen molar-refractivity contribution in [2.75, 3.05) is 24.1 Å². The summed E-state index contributed by atoms with van der Waals surface area (Å²) in [6.07, 6.45) is 0.204. The van der Waals surface area contributed by atoms with Crippen LogP contribution < -0.4 is 9.64 Å². The average Bonchev–Trinajstić information content (AvgIpc) is 2.75. The van der Waals surface area contributed by atoms with Crippen molar-refractivity contribution >= 4 is 23.4 Å². The lowest BCUT2D eigenvalue weighted by molar-refractivity contribution is -0.129. The molecule has 0 aromatic heterocycles. The van der Waals surface area contributed by atoms with Crippen molar-refractivity contribution in [1.29, 1.82) is 5.26 Å². The van der Waals surface area contributed by atoms with E-state index in [-0.39, 0.29) is 24.1 Å². The second-order valence-corrected chi connectivity index (χ2v) is 7.78. The Morgan fingerprint density at radius 3 is 2.59 bits per heavy atom. The second-order valence-electron chi connectivity index (χ2n) is 6.84. The number of amides is 1. The highest BCUT2D eigenvalue weighted by Gasteiger charge is 2.38. The summed E-state index contributed by atoms with van der Waals surface area (Å²) in [6, 6.07) is 16.1. The number of ether oxygens (including phenoxy) is 1. The van der Waals surface area contributed by atoms with Crippen LogP contribution in [0.3, 0.4) is 0 Å². The molecule has 0 saturated carbocycles. The number of fused-ring (bicyclic) bond motifs is 1. The minimum atomic E-state index is -0.332. The molecule has 29 heavy (non-hydrogen) atoms. The van der Waals surface area contributed by atoms with E-state index < -0.39 is 0 Å². The van der Waals surface area contributed by atoms with Crippen molar-refractivity contribution in [2.45, 2.75) is 19.3 Å². The number of halogens is 1. The zero-order chi connectivity index (χ0) is 20.4. The second kappa shape index (κ2) is 8.18. The number of nitrogens with zero attached hydrogens (tertiary/aromatic N) is 3. The largest absolute Gasteiger partial charge is 0.494 e. The van der Waals surface area contributed by atoms with E-state index in [9.17, 15) is 14.4 Å². The smallest absolute Gasteiger partial charge is 0.229 e. The molecule has 1 fully saturated rings. The number of hydrogen-bond acceptors (Lipinski definition) is 5. The molecule has 2 aliphatic rings. The zero-order valence-electron chi connectivity index (χ0n) is 16.0. The number of carbonyl (C=O) groups excluding carboxylic acids is 1. The van der Waals surface area contributed by atoms with Crippen molar-refractivity contribution in [1.82, 2.24) is 4.90 Å². The highest BCUT2D eigenvalue weighted by Crippen LogP contribution is 2.43. The Labute approximate surface area is 173 Å². The van der Waals surface area contributed by atoms with E-state index in [0.717, 1.165) is 17.0 Å². The van der Waals surface area contributed by atoms with Gasteiger partial charge in [0.2, 0.25) is 5.91 Å². The molecule has 7 heteroatoms. The molecule has 0 bridgehead atoms. The summed E-state index contributed by atoms with van der Waals surface area (Å²) in [4.78, 5) is 16.7. The summed E-state index contributed by atoms with van der Waals surface area (Å²) in [7, 11) is 0. The third-order valence-corrected chi connectivity index (χ3v) is 6.23. The Morgan fingerprint density at radius 1 is 1.21 bits per heavy atom. The Balaban J connectivity index is 1.59. The fourth-order valence-electron chi connectivity index (χ4n) is 3.63. The number of carbonyl (C=O) groups is 1. The molecule has 1 amide bonds. The Bertz CT molecular complexity index is 983. The van der Waals surface area contributed by atoms with Crippen molar-refractivity contribution in [3.8, 4) is 11.8 Å². The van der Waals surface area contributed by atoms with Gasteiger partial charge in [0.15, 0.2) is 0 Å². The maximum Gasteiger partial charge on any atom is 0.229 e. The maximum absolute atomic E-state index is 13.3. The molecule has 0 unspecified atom stereocenters. The van der Waals surface area contributed by atoms with Gasteiger partial charge >= 0.3 is 0 Å². The van der Waals surface area contributed by atoms with E-state index >= 15 is 0 Å². The summed E-state index contributed by atoms with van der Waals surface area (Å²) >= 11 is 1.49. The Morgan fingerprint density at radius 2 is 1.93 bits per heavy atom. The SMILES string of the molecule is CCOc1ccc(N2CSC3=C(C#N)[C@@H](c4ccc(F)cc4)CC(=O)N3C2)cc1. The minimum Gasteiger partial charge on any atom is -0.494 e. The molecule has 0 aliphatic carbocycles. The first kappa shape index (κ1) is 19.3. The van der Waals surface area contributed by atoms with Gasteiger partial charge in [-0.1, -0.05) is 23.9 Å². The van der Waals surface area contributed by atoms with E-state index in [1.54, 1.807) is 17.0 Å². The molecule has 148 valence electrons. The quantitative estimate of drug-likeness (QED) is 0.747. The summed E-state index contributed by atoms with van der Waals surface area (Å²) in [6.45, 7) is 2.95. The molecular weight excluding hydrogens is 389 g/mol. The molecular formula is C22H20FN3O2S. The number of rotatable bonds is 4. The molecule has 2 aromatic rings. The third-order valence-electron chi connectivity index (χ3n) is 5.08. The first-order valence-electron chi connectivity index (χ1n) is 9.41. The number of thioether (sulfide) groups is 1. The van der Waals surface area contributed by atoms with Crippen LogP contribution in [0.25, 0.3) is 0 Å². The highest BCUT2D eigenvalue weighted by atomic mass is 32.2. The van der Waals surface area contributed by atoms with Gasteiger partial charge in [-0.05, 0) is 48.9 Å². The Hall–Kier alpha value is -2.98. The van der Waals surface area contributed by atoms with Crippen LogP contribution in [0.2, 0.25) is 0 Å². The van der Waals surface area contributed by atoms with Crippen molar-refractivity contribution in [3.05, 3.63) is 70.5 Å².